The summed E-state index contributed by atoms with van der Waals surface area (Å²) in [5.74, 6) is -0.681. The van der Waals surface area contributed by atoms with Crippen LogP contribution in [0.5, 0.6) is 0 Å². The molecule has 14 nitrogen and oxygen atoms in total. The number of alkyl carbamates (subject to hydrolysis) is 1. The number of ether oxygens (including phenoxy) is 3. The average molecular weight is 709 g/mol. The van der Waals surface area contributed by atoms with Crippen LogP contribution >= 0.6 is 0 Å². The topological polar surface area (TPSA) is 165 Å². The van der Waals surface area contributed by atoms with E-state index in [1.165, 1.54) is 6.33 Å². The predicted molar refractivity (Wildman–Crippen MR) is 188 cm³/mol. The maximum absolute atomic E-state index is 12.7. The molecule has 1 aliphatic rings. The van der Waals surface area contributed by atoms with Gasteiger partial charge in [-0.05, 0) is 64.5 Å². The second-order valence-electron chi connectivity index (χ2n) is 14.9. The normalized spacial score (nSPS) is 18.8. The van der Waals surface area contributed by atoms with Crippen molar-refractivity contribution in [2.45, 2.75) is 135 Å². The zero-order chi connectivity index (χ0) is 35.9. The molecule has 0 bridgehead atoms. The molecule has 1 fully saturated rings. The lowest BCUT2D eigenvalue weighted by Gasteiger charge is -2.34. The number of imidazole rings is 1. The molecule has 1 aliphatic heterocycles. The molecule has 0 radical (unpaired) electrons. The fourth-order valence-electron chi connectivity index (χ4n) is 4.53. The zero-order valence-electron chi connectivity index (χ0n) is 30.5. The molecule has 2 amide bonds. The van der Waals surface area contributed by atoms with Crippen LogP contribution in [0.25, 0.3) is 11.2 Å². The molecule has 0 unspecified atom stereocenters. The van der Waals surface area contributed by atoms with E-state index in [2.05, 4.69) is 79.5 Å². The van der Waals surface area contributed by atoms with E-state index < -0.39 is 40.2 Å². The molecule has 3 atom stereocenters. The van der Waals surface area contributed by atoms with Gasteiger partial charge in [0.25, 0.3) is 0 Å². The summed E-state index contributed by atoms with van der Waals surface area (Å²) >= 11 is 0. The van der Waals surface area contributed by atoms with Crippen LogP contribution in [0.3, 0.4) is 0 Å². The highest BCUT2D eigenvalue weighted by molar-refractivity contribution is 6.72. The molecule has 2 aromatic rings. The Morgan fingerprint density at radius 3 is 2.35 bits per heavy atom. The first-order valence-corrected chi connectivity index (χ1v) is 22.8. The number of hydrogen-bond donors (Lipinski definition) is 2. The van der Waals surface area contributed by atoms with Gasteiger partial charge in [0.2, 0.25) is 5.91 Å². The van der Waals surface area contributed by atoms with Gasteiger partial charge in [-0.2, -0.15) is 0 Å². The SMILES string of the molecule is CC(C)[Si](C)(C)OC[C@H]1O[C@@H](n2cnc3c(NC(=O)CCC(=O)OCCCNC(=O)OC(C)(C)C)ncnc32)C[C@H]1O[Si](C)(C)C(C)C. The van der Waals surface area contributed by atoms with Gasteiger partial charge in [0, 0.05) is 19.4 Å². The van der Waals surface area contributed by atoms with Crippen molar-refractivity contribution in [1.82, 2.24) is 24.8 Å². The molecule has 0 aliphatic carbocycles. The lowest BCUT2D eigenvalue weighted by atomic mass is 10.2. The molecule has 3 heterocycles. The molecule has 3 rings (SSSR count). The minimum atomic E-state index is -1.99. The van der Waals surface area contributed by atoms with Crippen molar-refractivity contribution in [3.63, 3.8) is 0 Å². The van der Waals surface area contributed by atoms with Gasteiger partial charge >= 0.3 is 12.1 Å². The van der Waals surface area contributed by atoms with E-state index in [4.69, 9.17) is 23.1 Å². The van der Waals surface area contributed by atoms with Gasteiger partial charge in [0.15, 0.2) is 33.6 Å². The van der Waals surface area contributed by atoms with E-state index in [0.29, 0.717) is 48.2 Å². The third-order valence-electron chi connectivity index (χ3n) is 8.77. The summed E-state index contributed by atoms with van der Waals surface area (Å²) in [5.41, 5.74) is 1.24. The van der Waals surface area contributed by atoms with Gasteiger partial charge in [-0.25, -0.2) is 19.7 Å². The lowest BCUT2D eigenvalue weighted by molar-refractivity contribution is -0.144. The Morgan fingerprint density at radius 1 is 1.02 bits per heavy atom. The number of esters is 1. The fraction of sp³-hybridized carbons (Fsp3) is 0.750. The van der Waals surface area contributed by atoms with Crippen LogP contribution in [-0.4, -0.2) is 91.7 Å². The molecule has 48 heavy (non-hydrogen) atoms. The monoisotopic (exact) mass is 708 g/mol. The summed E-state index contributed by atoms with van der Waals surface area (Å²) in [6.07, 6.45) is 2.52. The van der Waals surface area contributed by atoms with Crippen LogP contribution in [0.4, 0.5) is 10.6 Å². The molecule has 2 N–H and O–H groups in total. The third kappa shape index (κ3) is 11.6. The Balaban J connectivity index is 1.58. The maximum Gasteiger partial charge on any atom is 0.407 e. The molecular formula is C32H56N6O8Si2. The summed E-state index contributed by atoms with van der Waals surface area (Å²) in [7, 11) is -3.89. The van der Waals surface area contributed by atoms with Crippen molar-refractivity contribution < 1.29 is 37.4 Å². The Labute approximate surface area is 286 Å². The number of nitrogens with zero attached hydrogens (tertiary/aromatic N) is 4. The minimum Gasteiger partial charge on any atom is -0.466 e. The van der Waals surface area contributed by atoms with Crippen LogP contribution in [0.15, 0.2) is 12.7 Å². The minimum absolute atomic E-state index is 0.0980. The summed E-state index contributed by atoms with van der Waals surface area (Å²) in [6.45, 7) is 23.9. The molecule has 1 saturated heterocycles. The quantitative estimate of drug-likeness (QED) is 0.121. The van der Waals surface area contributed by atoms with Gasteiger partial charge < -0.3 is 33.7 Å². The van der Waals surface area contributed by atoms with E-state index in [0.717, 1.165) is 0 Å². The Bertz CT molecular complexity index is 1390. The van der Waals surface area contributed by atoms with Crippen molar-refractivity contribution in [3.8, 4) is 0 Å². The maximum atomic E-state index is 12.7. The summed E-state index contributed by atoms with van der Waals surface area (Å²) in [6, 6.07) is 0. The summed E-state index contributed by atoms with van der Waals surface area (Å²) in [5, 5.41) is 5.35. The zero-order valence-corrected chi connectivity index (χ0v) is 32.5. The smallest absolute Gasteiger partial charge is 0.407 e. The van der Waals surface area contributed by atoms with Crippen molar-refractivity contribution in [2.24, 2.45) is 0 Å². The van der Waals surface area contributed by atoms with Gasteiger partial charge in [0.1, 0.15) is 24.3 Å². The summed E-state index contributed by atoms with van der Waals surface area (Å²) in [4.78, 5) is 49.8. The number of carbonyl (C=O) groups excluding carboxylic acids is 3. The fourth-order valence-corrected chi connectivity index (χ4v) is 6.76. The number of hydrogen-bond acceptors (Lipinski definition) is 11. The number of anilines is 1. The highest BCUT2D eigenvalue weighted by atomic mass is 28.4. The van der Waals surface area contributed by atoms with Crippen LogP contribution in [-0.2, 0) is 32.7 Å². The first kappa shape index (κ1) is 39.5. The summed E-state index contributed by atoms with van der Waals surface area (Å²) < 4.78 is 32.1. The van der Waals surface area contributed by atoms with Gasteiger partial charge in [-0.3, -0.25) is 14.2 Å². The van der Waals surface area contributed by atoms with Crippen molar-refractivity contribution in [2.75, 3.05) is 25.1 Å². The first-order chi connectivity index (χ1) is 22.3. The molecule has 0 aromatic carbocycles. The van der Waals surface area contributed by atoms with Gasteiger partial charge in [-0.1, -0.05) is 27.7 Å². The molecule has 0 spiro atoms. The van der Waals surface area contributed by atoms with Crippen molar-refractivity contribution >= 4 is 51.6 Å². The van der Waals surface area contributed by atoms with E-state index >= 15 is 0 Å². The molecule has 0 saturated carbocycles. The number of carbonyl (C=O) groups is 3. The standard InChI is InChI=1S/C32H56N6O8Si2/c1-21(2)47(8,9)43-18-24-23(46-48(10,11)22(3)4)17-26(44-24)38-20-36-28-29(34-19-35-30(28)38)37-25(39)13-14-27(40)42-16-12-15-33-31(41)45-32(5,6)7/h19-24,26H,12-18H2,1-11H3,(H,33,41)(H,34,35,37,39)/t23-,24-,26-/m1/s1. The van der Waals surface area contributed by atoms with Crippen LogP contribution < -0.4 is 10.6 Å². The van der Waals surface area contributed by atoms with Crippen LogP contribution in [0.2, 0.25) is 37.3 Å². The highest BCUT2D eigenvalue weighted by Crippen LogP contribution is 2.37. The first-order valence-electron chi connectivity index (χ1n) is 16.9. The Hall–Kier alpha value is -2.93. The van der Waals surface area contributed by atoms with E-state index in [9.17, 15) is 14.4 Å². The Kier molecular flexibility index (Phi) is 13.7. The molecule has 270 valence electrons. The highest BCUT2D eigenvalue weighted by Gasteiger charge is 2.43. The van der Waals surface area contributed by atoms with Crippen molar-refractivity contribution in [3.05, 3.63) is 12.7 Å². The lowest BCUT2D eigenvalue weighted by Crippen LogP contribution is -2.44. The second kappa shape index (κ2) is 16.7. The predicted octanol–water partition coefficient (Wildman–Crippen LogP) is 5.92. The molecular weight excluding hydrogens is 653 g/mol. The molecule has 2 aromatic heterocycles. The number of aromatic nitrogens is 4. The van der Waals surface area contributed by atoms with E-state index in [1.807, 2.05) is 4.57 Å². The van der Waals surface area contributed by atoms with Crippen molar-refractivity contribution in [1.29, 1.82) is 0 Å². The third-order valence-corrected chi connectivity index (χ3v) is 16.2. The van der Waals surface area contributed by atoms with Gasteiger partial charge in [0.05, 0.1) is 32.1 Å². The van der Waals surface area contributed by atoms with Crippen LogP contribution in [0.1, 0.15) is 80.4 Å². The number of amides is 2. The number of nitrogens with one attached hydrogen (secondary N) is 2. The second-order valence-corrected chi connectivity index (χ2v) is 24.2. The largest absolute Gasteiger partial charge is 0.466 e. The van der Waals surface area contributed by atoms with Crippen LogP contribution in [0, 0.1) is 0 Å². The average Bonchev–Trinajstić information content (AvgIpc) is 3.58. The number of rotatable bonds is 16. The van der Waals surface area contributed by atoms with E-state index in [1.54, 1.807) is 27.1 Å². The van der Waals surface area contributed by atoms with E-state index in [-0.39, 0.29) is 43.7 Å². The van der Waals surface area contributed by atoms with Gasteiger partial charge in [-0.15, -0.1) is 0 Å². The number of fused-ring (bicyclic) bond motifs is 1. The molecule has 16 heteroatoms. The Morgan fingerprint density at radius 2 is 1.71 bits per heavy atom.